The van der Waals surface area contributed by atoms with Gasteiger partial charge in [0.25, 0.3) is 0 Å². The van der Waals surface area contributed by atoms with Crippen molar-refractivity contribution in [3.05, 3.63) is 58.8 Å². The Morgan fingerprint density at radius 2 is 1.90 bits per heavy atom. The highest BCUT2D eigenvalue weighted by atomic mass is 32.1. The fourth-order valence-corrected chi connectivity index (χ4v) is 3.86. The molecule has 5 nitrogen and oxygen atoms in total. The molecule has 0 spiro atoms. The van der Waals surface area contributed by atoms with Crippen molar-refractivity contribution in [1.82, 2.24) is 14.8 Å². The van der Waals surface area contributed by atoms with Crippen molar-refractivity contribution in [2.24, 2.45) is 0 Å². The zero-order chi connectivity index (χ0) is 21.9. The molecule has 1 atom stereocenters. The third kappa shape index (κ3) is 5.68. The molecular weight excluding hydrogens is 413 g/mol. The second-order valence-corrected chi connectivity index (χ2v) is 7.94. The number of piperazine rings is 1. The SMILES string of the molecule is Cc1cc(C)nc(NC(=S)N2CCN(Cc3ccc(C(F)(F)F)cc3)C(CO)C2)c1. The average Bonchev–Trinajstić information content (AvgIpc) is 2.67. The van der Waals surface area contributed by atoms with Gasteiger partial charge in [0.05, 0.1) is 18.2 Å². The van der Waals surface area contributed by atoms with Crippen molar-refractivity contribution in [3.8, 4) is 0 Å². The summed E-state index contributed by atoms with van der Waals surface area (Å²) in [5, 5.41) is 13.6. The summed E-state index contributed by atoms with van der Waals surface area (Å²) in [7, 11) is 0. The molecule has 2 N–H and O–H groups in total. The van der Waals surface area contributed by atoms with E-state index in [2.05, 4.69) is 15.2 Å². The number of halogens is 3. The Balaban J connectivity index is 1.61. The number of rotatable bonds is 4. The highest BCUT2D eigenvalue weighted by Crippen LogP contribution is 2.29. The van der Waals surface area contributed by atoms with Crippen LogP contribution in [0.25, 0.3) is 0 Å². The van der Waals surface area contributed by atoms with Crippen molar-refractivity contribution in [3.63, 3.8) is 0 Å². The summed E-state index contributed by atoms with van der Waals surface area (Å²) < 4.78 is 38.2. The molecule has 1 aromatic heterocycles. The van der Waals surface area contributed by atoms with Crippen LogP contribution in [0, 0.1) is 13.8 Å². The van der Waals surface area contributed by atoms with Gasteiger partial charge in [-0.15, -0.1) is 0 Å². The number of thiocarbonyl (C=S) groups is 1. The van der Waals surface area contributed by atoms with E-state index in [1.165, 1.54) is 12.1 Å². The van der Waals surface area contributed by atoms with Gasteiger partial charge < -0.3 is 15.3 Å². The highest BCUT2D eigenvalue weighted by molar-refractivity contribution is 7.80. The lowest BCUT2D eigenvalue weighted by Crippen LogP contribution is -2.56. The number of hydrogen-bond acceptors (Lipinski definition) is 4. The van der Waals surface area contributed by atoms with Gasteiger partial charge in [-0.25, -0.2) is 4.98 Å². The van der Waals surface area contributed by atoms with Gasteiger partial charge in [0, 0.05) is 31.9 Å². The number of nitrogens with zero attached hydrogens (tertiary/aromatic N) is 3. The molecule has 0 amide bonds. The normalized spacial score (nSPS) is 17.8. The quantitative estimate of drug-likeness (QED) is 0.712. The number of aryl methyl sites for hydroxylation is 2. The molecule has 1 aliphatic heterocycles. The van der Waals surface area contributed by atoms with Gasteiger partial charge in [-0.2, -0.15) is 13.2 Å². The number of aliphatic hydroxyl groups excluding tert-OH is 1. The Morgan fingerprint density at radius 3 is 2.50 bits per heavy atom. The molecular formula is C21H25F3N4OS. The predicted molar refractivity (Wildman–Crippen MR) is 114 cm³/mol. The minimum atomic E-state index is -4.34. The van der Waals surface area contributed by atoms with E-state index in [4.69, 9.17) is 12.2 Å². The van der Waals surface area contributed by atoms with Crippen LogP contribution in [0.1, 0.15) is 22.4 Å². The number of nitrogens with one attached hydrogen (secondary N) is 1. The number of benzene rings is 1. The van der Waals surface area contributed by atoms with Crippen molar-refractivity contribution in [2.75, 3.05) is 31.6 Å². The van der Waals surface area contributed by atoms with E-state index in [9.17, 15) is 18.3 Å². The number of anilines is 1. The number of hydrogen-bond donors (Lipinski definition) is 2. The number of alkyl halides is 3. The van der Waals surface area contributed by atoms with E-state index in [0.717, 1.165) is 29.0 Å². The molecule has 2 heterocycles. The second-order valence-electron chi connectivity index (χ2n) is 7.55. The fourth-order valence-electron chi connectivity index (χ4n) is 3.59. The average molecular weight is 439 g/mol. The lowest BCUT2D eigenvalue weighted by molar-refractivity contribution is -0.137. The molecule has 1 aromatic carbocycles. The van der Waals surface area contributed by atoms with Gasteiger partial charge in [-0.1, -0.05) is 12.1 Å². The molecule has 0 radical (unpaired) electrons. The van der Waals surface area contributed by atoms with E-state index in [1.807, 2.05) is 30.9 Å². The Bertz CT molecular complexity index is 869. The summed E-state index contributed by atoms with van der Waals surface area (Å²) >= 11 is 5.53. The zero-order valence-corrected chi connectivity index (χ0v) is 17.7. The molecule has 1 saturated heterocycles. The summed E-state index contributed by atoms with van der Waals surface area (Å²) in [6.45, 7) is 6.11. The fraction of sp³-hybridized carbons (Fsp3) is 0.429. The van der Waals surface area contributed by atoms with Crippen LogP contribution >= 0.6 is 12.2 Å². The maximum Gasteiger partial charge on any atom is 0.416 e. The van der Waals surface area contributed by atoms with Crippen molar-refractivity contribution in [1.29, 1.82) is 0 Å². The molecule has 162 valence electrons. The standard InChI is InChI=1S/C21H25F3N4OS/c1-14-9-15(2)25-19(10-14)26-20(30)28-8-7-27(18(12-28)13-29)11-16-3-5-17(6-4-16)21(22,23)24/h3-6,9-10,18,29H,7-8,11-13H2,1-2H3,(H,25,26,30). The van der Waals surface area contributed by atoms with Crippen molar-refractivity contribution < 1.29 is 18.3 Å². The summed E-state index contributed by atoms with van der Waals surface area (Å²) in [4.78, 5) is 8.49. The first kappa shape index (κ1) is 22.5. The lowest BCUT2D eigenvalue weighted by atomic mass is 10.1. The Hall–Kier alpha value is -2.23. The second kappa shape index (κ2) is 9.28. The van der Waals surface area contributed by atoms with E-state index < -0.39 is 11.7 Å². The molecule has 1 aliphatic rings. The molecule has 1 unspecified atom stereocenters. The maximum absolute atomic E-state index is 12.7. The van der Waals surface area contributed by atoms with Gasteiger partial charge in [0.15, 0.2) is 5.11 Å². The molecule has 0 aliphatic carbocycles. The zero-order valence-electron chi connectivity index (χ0n) is 16.9. The Labute approximate surface area is 179 Å². The summed E-state index contributed by atoms with van der Waals surface area (Å²) in [6.07, 6.45) is -4.34. The van der Waals surface area contributed by atoms with Crippen LogP contribution in [0.5, 0.6) is 0 Å². The monoisotopic (exact) mass is 438 g/mol. The number of pyridine rings is 1. The predicted octanol–water partition coefficient (Wildman–Crippen LogP) is 3.59. The van der Waals surface area contributed by atoms with Crippen molar-refractivity contribution >= 4 is 23.1 Å². The third-order valence-electron chi connectivity index (χ3n) is 5.10. The van der Waals surface area contributed by atoms with E-state index in [-0.39, 0.29) is 12.6 Å². The first-order chi connectivity index (χ1) is 14.2. The largest absolute Gasteiger partial charge is 0.416 e. The topological polar surface area (TPSA) is 51.6 Å². The maximum atomic E-state index is 12.7. The Morgan fingerprint density at radius 1 is 1.20 bits per heavy atom. The van der Waals surface area contributed by atoms with Crippen LogP contribution < -0.4 is 5.32 Å². The third-order valence-corrected chi connectivity index (χ3v) is 5.46. The van der Waals surface area contributed by atoms with E-state index in [0.29, 0.717) is 37.1 Å². The minimum absolute atomic E-state index is 0.0679. The van der Waals surface area contributed by atoms with E-state index in [1.54, 1.807) is 0 Å². The van der Waals surface area contributed by atoms with Crippen LogP contribution in [-0.4, -0.2) is 57.3 Å². The number of aromatic nitrogens is 1. The van der Waals surface area contributed by atoms with Crippen LogP contribution in [0.15, 0.2) is 36.4 Å². The lowest BCUT2D eigenvalue weighted by Gasteiger charge is -2.41. The van der Waals surface area contributed by atoms with Crippen LogP contribution in [-0.2, 0) is 12.7 Å². The highest BCUT2D eigenvalue weighted by Gasteiger charge is 2.31. The smallest absolute Gasteiger partial charge is 0.395 e. The molecule has 0 saturated carbocycles. The van der Waals surface area contributed by atoms with Gasteiger partial charge >= 0.3 is 6.18 Å². The van der Waals surface area contributed by atoms with Crippen LogP contribution in [0.3, 0.4) is 0 Å². The molecule has 3 rings (SSSR count). The molecule has 0 bridgehead atoms. The first-order valence-corrected chi connectivity index (χ1v) is 10.1. The van der Waals surface area contributed by atoms with Gasteiger partial charge in [0.1, 0.15) is 5.82 Å². The Kier molecular flexibility index (Phi) is 6.95. The molecule has 9 heteroatoms. The van der Waals surface area contributed by atoms with Gasteiger partial charge in [0.2, 0.25) is 0 Å². The van der Waals surface area contributed by atoms with Gasteiger partial charge in [-0.3, -0.25) is 4.90 Å². The van der Waals surface area contributed by atoms with Crippen LogP contribution in [0.4, 0.5) is 19.0 Å². The summed E-state index contributed by atoms with van der Waals surface area (Å²) in [5.74, 6) is 0.685. The molecule has 1 fully saturated rings. The van der Waals surface area contributed by atoms with E-state index >= 15 is 0 Å². The van der Waals surface area contributed by atoms with Crippen molar-refractivity contribution in [2.45, 2.75) is 32.6 Å². The molecule has 30 heavy (non-hydrogen) atoms. The van der Waals surface area contributed by atoms with Crippen LogP contribution in [0.2, 0.25) is 0 Å². The summed E-state index contributed by atoms with van der Waals surface area (Å²) in [5.41, 5.74) is 2.10. The number of aliphatic hydroxyl groups is 1. The minimum Gasteiger partial charge on any atom is -0.395 e. The molecule has 2 aromatic rings. The first-order valence-electron chi connectivity index (χ1n) is 9.68. The summed E-state index contributed by atoms with van der Waals surface area (Å²) in [6, 6.07) is 8.89. The van der Waals surface area contributed by atoms with Gasteiger partial charge in [-0.05, 0) is 61.5 Å².